The number of aryl methyl sites for hydroxylation is 2. The van der Waals surface area contributed by atoms with Gasteiger partial charge in [0.05, 0.1) is 6.10 Å². The molecule has 7 nitrogen and oxygen atoms in total. The lowest BCUT2D eigenvalue weighted by atomic mass is 10.0. The molecule has 0 aliphatic heterocycles. The van der Waals surface area contributed by atoms with Crippen LogP contribution in [0.25, 0.3) is 33.5 Å². The van der Waals surface area contributed by atoms with Crippen LogP contribution in [0.5, 0.6) is 5.75 Å². The zero-order valence-corrected chi connectivity index (χ0v) is 21.2. The molecular weight excluding hydrogens is 486 g/mol. The highest BCUT2D eigenvalue weighted by atomic mass is 32.2. The fourth-order valence-corrected chi connectivity index (χ4v) is 4.59. The van der Waals surface area contributed by atoms with Crippen molar-refractivity contribution >= 4 is 22.7 Å². The molecule has 0 bridgehead atoms. The number of hydrogen-bond acceptors (Lipinski definition) is 8. The van der Waals surface area contributed by atoms with E-state index in [4.69, 9.17) is 14.1 Å². The van der Waals surface area contributed by atoms with Gasteiger partial charge in [-0.25, -0.2) is 9.78 Å². The van der Waals surface area contributed by atoms with Crippen LogP contribution < -0.4 is 10.4 Å². The minimum Gasteiger partial charge on any atom is -0.491 e. The van der Waals surface area contributed by atoms with Crippen LogP contribution in [-0.2, 0) is 0 Å². The molecule has 2 aromatic heterocycles. The first-order valence-corrected chi connectivity index (χ1v) is 12.8. The maximum absolute atomic E-state index is 11.5. The van der Waals surface area contributed by atoms with Crippen LogP contribution in [0.4, 0.5) is 0 Å². The fraction of sp³-hybridized carbons (Fsp3) is 0.172. The first kappa shape index (κ1) is 24.7. The van der Waals surface area contributed by atoms with Crippen molar-refractivity contribution < 1.29 is 14.3 Å². The summed E-state index contributed by atoms with van der Waals surface area (Å²) in [6.45, 7) is 4.15. The third-order valence-electron chi connectivity index (χ3n) is 5.69. The Morgan fingerprint density at radius 3 is 2.32 bits per heavy atom. The predicted octanol–water partition coefficient (Wildman–Crippen LogP) is 5.46. The molecule has 1 atom stereocenters. The lowest BCUT2D eigenvalue weighted by Gasteiger charge is -2.13. The number of nitrogens with zero attached hydrogens (tertiary/aromatic N) is 3. The number of thioether (sulfide) groups is 1. The van der Waals surface area contributed by atoms with E-state index in [1.165, 1.54) is 17.8 Å². The Hall–Kier alpha value is -4.01. The summed E-state index contributed by atoms with van der Waals surface area (Å²) < 4.78 is 10.9. The molecule has 0 saturated heterocycles. The average Bonchev–Trinajstić information content (AvgIpc) is 2.90. The van der Waals surface area contributed by atoms with E-state index in [0.29, 0.717) is 27.9 Å². The van der Waals surface area contributed by atoms with Crippen molar-refractivity contribution in [2.75, 3.05) is 12.4 Å². The smallest absolute Gasteiger partial charge is 0.336 e. The standard InChI is InChI=1S/C29H25N3O4S/c1-18-5-3-7-21(13-18)27-28(22-8-4-6-19(2)14-22)31-32-29(30-27)37-17-23(33)16-35-24-11-9-20-10-12-26(34)36-25(20)15-24/h3-15,23,33H,16-17H2,1-2H3. The molecule has 5 aromatic rings. The largest absolute Gasteiger partial charge is 0.491 e. The average molecular weight is 512 g/mol. The highest BCUT2D eigenvalue weighted by molar-refractivity contribution is 7.99. The number of fused-ring (bicyclic) bond motifs is 1. The van der Waals surface area contributed by atoms with Crippen molar-refractivity contribution in [3.05, 3.63) is 100 Å². The molecule has 0 fully saturated rings. The van der Waals surface area contributed by atoms with Crippen LogP contribution in [0.15, 0.2) is 93.2 Å². The van der Waals surface area contributed by atoms with Crippen molar-refractivity contribution in [3.63, 3.8) is 0 Å². The number of ether oxygens (including phenoxy) is 1. The Kier molecular flexibility index (Phi) is 7.30. The third-order valence-corrected chi connectivity index (χ3v) is 6.67. The second-order valence-corrected chi connectivity index (χ2v) is 9.75. The van der Waals surface area contributed by atoms with E-state index >= 15 is 0 Å². The quantitative estimate of drug-likeness (QED) is 0.217. The van der Waals surface area contributed by atoms with Gasteiger partial charge in [-0.3, -0.25) is 0 Å². The van der Waals surface area contributed by atoms with Gasteiger partial charge in [0.2, 0.25) is 5.16 Å². The Morgan fingerprint density at radius 1 is 0.892 bits per heavy atom. The minimum atomic E-state index is -0.772. The van der Waals surface area contributed by atoms with Crippen LogP contribution in [0.1, 0.15) is 11.1 Å². The monoisotopic (exact) mass is 511 g/mol. The zero-order valence-electron chi connectivity index (χ0n) is 20.4. The molecule has 8 heteroatoms. The van der Waals surface area contributed by atoms with Gasteiger partial charge in [-0.15, -0.1) is 10.2 Å². The Bertz CT molecular complexity index is 1620. The van der Waals surface area contributed by atoms with E-state index in [1.54, 1.807) is 24.3 Å². The molecule has 0 spiro atoms. The summed E-state index contributed by atoms with van der Waals surface area (Å²) in [4.78, 5) is 16.3. The van der Waals surface area contributed by atoms with E-state index in [-0.39, 0.29) is 6.61 Å². The van der Waals surface area contributed by atoms with Crippen molar-refractivity contribution in [1.29, 1.82) is 0 Å². The summed E-state index contributed by atoms with van der Waals surface area (Å²) in [5.74, 6) is 0.828. The summed E-state index contributed by atoms with van der Waals surface area (Å²) in [6.07, 6.45) is -0.772. The summed E-state index contributed by atoms with van der Waals surface area (Å²) in [5.41, 5.74) is 5.64. The van der Waals surface area contributed by atoms with Crippen LogP contribution in [-0.4, -0.2) is 38.8 Å². The van der Waals surface area contributed by atoms with Crippen molar-refractivity contribution in [1.82, 2.24) is 15.2 Å². The highest BCUT2D eigenvalue weighted by Gasteiger charge is 2.16. The molecule has 0 aliphatic carbocycles. The van der Waals surface area contributed by atoms with Gasteiger partial charge in [0.15, 0.2) is 0 Å². The molecular formula is C29H25N3O4S. The molecule has 5 rings (SSSR count). The highest BCUT2D eigenvalue weighted by Crippen LogP contribution is 2.31. The summed E-state index contributed by atoms with van der Waals surface area (Å²) in [5, 5.41) is 20.6. The predicted molar refractivity (Wildman–Crippen MR) is 145 cm³/mol. The second kappa shape index (κ2) is 10.9. The van der Waals surface area contributed by atoms with E-state index in [1.807, 2.05) is 50.2 Å². The fourth-order valence-electron chi connectivity index (χ4n) is 3.89. The Morgan fingerprint density at radius 2 is 1.59 bits per heavy atom. The number of aliphatic hydroxyl groups is 1. The normalized spacial score (nSPS) is 12.0. The van der Waals surface area contributed by atoms with Gasteiger partial charge in [0.25, 0.3) is 0 Å². The van der Waals surface area contributed by atoms with E-state index < -0.39 is 11.7 Å². The summed E-state index contributed by atoms with van der Waals surface area (Å²) in [6, 6.07) is 24.5. The maximum Gasteiger partial charge on any atom is 0.336 e. The first-order chi connectivity index (χ1) is 17.9. The Balaban J connectivity index is 1.30. The van der Waals surface area contributed by atoms with Crippen molar-refractivity contribution in [3.8, 4) is 28.3 Å². The lowest BCUT2D eigenvalue weighted by Crippen LogP contribution is -2.20. The minimum absolute atomic E-state index is 0.0646. The SMILES string of the molecule is Cc1cccc(-c2nnc(SCC(O)COc3ccc4ccc(=O)oc4c3)nc2-c2cccc(C)c2)c1. The van der Waals surface area contributed by atoms with Gasteiger partial charge in [-0.1, -0.05) is 59.3 Å². The van der Waals surface area contributed by atoms with Crippen LogP contribution in [0.3, 0.4) is 0 Å². The molecule has 1 N–H and O–H groups in total. The number of aromatic nitrogens is 3. The topological polar surface area (TPSA) is 98.3 Å². The maximum atomic E-state index is 11.5. The van der Waals surface area contributed by atoms with Gasteiger partial charge in [-0.05, 0) is 44.2 Å². The Labute approximate surface area is 218 Å². The van der Waals surface area contributed by atoms with Gasteiger partial charge in [0.1, 0.15) is 29.3 Å². The number of benzene rings is 3. The first-order valence-electron chi connectivity index (χ1n) is 11.8. The molecule has 3 aromatic carbocycles. The lowest BCUT2D eigenvalue weighted by molar-refractivity contribution is 0.126. The van der Waals surface area contributed by atoms with Crippen molar-refractivity contribution in [2.45, 2.75) is 25.1 Å². The van der Waals surface area contributed by atoms with Gasteiger partial charge < -0.3 is 14.3 Å². The summed E-state index contributed by atoms with van der Waals surface area (Å²) in [7, 11) is 0. The molecule has 1 unspecified atom stereocenters. The number of hydrogen-bond donors (Lipinski definition) is 1. The van der Waals surface area contributed by atoms with Gasteiger partial charge in [0, 0.05) is 34.4 Å². The molecule has 0 radical (unpaired) electrons. The molecule has 0 amide bonds. The van der Waals surface area contributed by atoms with Crippen LogP contribution in [0.2, 0.25) is 0 Å². The summed E-state index contributed by atoms with van der Waals surface area (Å²) >= 11 is 1.31. The van der Waals surface area contributed by atoms with E-state index in [9.17, 15) is 9.90 Å². The van der Waals surface area contributed by atoms with E-state index in [2.05, 4.69) is 22.3 Å². The molecule has 186 valence electrons. The van der Waals surface area contributed by atoms with Crippen molar-refractivity contribution in [2.24, 2.45) is 0 Å². The third kappa shape index (κ3) is 6.04. The molecule has 0 saturated carbocycles. The van der Waals surface area contributed by atoms with Gasteiger partial charge in [-0.2, -0.15) is 0 Å². The molecule has 0 aliphatic rings. The molecule has 37 heavy (non-hydrogen) atoms. The number of rotatable bonds is 8. The second-order valence-electron chi connectivity index (χ2n) is 8.76. The van der Waals surface area contributed by atoms with Crippen LogP contribution in [0, 0.1) is 13.8 Å². The van der Waals surface area contributed by atoms with Gasteiger partial charge >= 0.3 is 5.63 Å². The zero-order chi connectivity index (χ0) is 25.8. The van der Waals surface area contributed by atoms with E-state index in [0.717, 1.165) is 33.3 Å². The van der Waals surface area contributed by atoms with Crippen LogP contribution >= 0.6 is 11.8 Å². The molecule has 2 heterocycles. The number of aliphatic hydroxyl groups excluding tert-OH is 1.